The Bertz CT molecular complexity index is 326. The highest BCUT2D eigenvalue weighted by Crippen LogP contribution is 2.37. The minimum absolute atomic E-state index is 0.341. The lowest BCUT2D eigenvalue weighted by Crippen LogP contribution is -2.44. The number of nitrogens with one attached hydrogen (secondary N) is 2. The molecule has 3 heteroatoms. The van der Waals surface area contributed by atoms with Crippen LogP contribution in [0.2, 0.25) is 0 Å². The summed E-state index contributed by atoms with van der Waals surface area (Å²) in [6.45, 7) is 2.25. The summed E-state index contributed by atoms with van der Waals surface area (Å²) in [5.74, 6) is 0. The van der Waals surface area contributed by atoms with E-state index in [-0.39, 0.29) is 0 Å². The molecule has 82 valence electrons. The maximum Gasteiger partial charge on any atom is 0.0551 e. The molecule has 0 unspecified atom stereocenters. The zero-order valence-electron chi connectivity index (χ0n) is 9.51. The van der Waals surface area contributed by atoms with Gasteiger partial charge in [-0.25, -0.2) is 0 Å². The maximum absolute atomic E-state index is 4.21. The number of hydrogen-bond acceptors (Lipinski definition) is 3. The lowest BCUT2D eigenvalue weighted by Gasteiger charge is -2.42. The molecule has 1 fully saturated rings. The molecule has 2 N–H and O–H groups in total. The van der Waals surface area contributed by atoms with Crippen molar-refractivity contribution in [1.29, 1.82) is 0 Å². The molecule has 1 aromatic rings. The van der Waals surface area contributed by atoms with Gasteiger partial charge in [0.1, 0.15) is 0 Å². The van der Waals surface area contributed by atoms with Gasteiger partial charge in [-0.15, -0.1) is 0 Å². The van der Waals surface area contributed by atoms with Crippen LogP contribution in [0, 0.1) is 0 Å². The van der Waals surface area contributed by atoms with Crippen LogP contribution in [0.15, 0.2) is 18.5 Å². The van der Waals surface area contributed by atoms with Gasteiger partial charge in [0.05, 0.1) is 23.8 Å². The summed E-state index contributed by atoms with van der Waals surface area (Å²) < 4.78 is 0. The van der Waals surface area contributed by atoms with Crippen LogP contribution in [0.5, 0.6) is 0 Å². The summed E-state index contributed by atoms with van der Waals surface area (Å²) >= 11 is 0. The van der Waals surface area contributed by atoms with E-state index in [1.807, 2.05) is 19.4 Å². The predicted molar refractivity (Wildman–Crippen MR) is 64.3 cm³/mol. The summed E-state index contributed by atoms with van der Waals surface area (Å²) in [7, 11) is 1.92. The molecule has 1 saturated carbocycles. The third-order valence-electron chi connectivity index (χ3n) is 3.42. The normalized spacial score (nSPS) is 18.0. The third kappa shape index (κ3) is 2.06. The fraction of sp³-hybridized carbons (Fsp3) is 0.583. The summed E-state index contributed by atoms with van der Waals surface area (Å²) in [6.07, 6.45) is 8.85. The molecular formula is C12H19N3. The molecule has 0 spiro atoms. The van der Waals surface area contributed by atoms with Crippen LogP contribution in [-0.4, -0.2) is 17.6 Å². The number of hydrogen-bond donors (Lipinski definition) is 2. The first kappa shape index (κ1) is 10.3. The van der Waals surface area contributed by atoms with E-state index in [9.17, 15) is 0 Å². The van der Waals surface area contributed by atoms with Gasteiger partial charge in [-0.1, -0.05) is 6.92 Å². The van der Waals surface area contributed by atoms with Gasteiger partial charge in [0, 0.05) is 12.6 Å². The predicted octanol–water partition coefficient (Wildman–Crippen LogP) is 2.87. The van der Waals surface area contributed by atoms with Crippen LogP contribution < -0.4 is 10.6 Å². The molecule has 1 aromatic heterocycles. The fourth-order valence-electron chi connectivity index (χ4n) is 2.12. The van der Waals surface area contributed by atoms with Crippen LogP contribution in [0.25, 0.3) is 0 Å². The average molecular weight is 205 g/mol. The van der Waals surface area contributed by atoms with Crippen LogP contribution in [0.3, 0.4) is 0 Å². The second-order valence-electron chi connectivity index (χ2n) is 4.32. The molecule has 0 atom stereocenters. The second-order valence-corrected chi connectivity index (χ2v) is 4.32. The van der Waals surface area contributed by atoms with Crippen molar-refractivity contribution in [2.75, 3.05) is 17.7 Å². The van der Waals surface area contributed by atoms with E-state index < -0.39 is 0 Å². The molecule has 15 heavy (non-hydrogen) atoms. The third-order valence-corrected chi connectivity index (χ3v) is 3.42. The molecule has 1 aliphatic carbocycles. The molecule has 0 aromatic carbocycles. The van der Waals surface area contributed by atoms with Gasteiger partial charge in [-0.3, -0.25) is 4.98 Å². The molecule has 0 aliphatic heterocycles. The van der Waals surface area contributed by atoms with Gasteiger partial charge < -0.3 is 10.6 Å². The van der Waals surface area contributed by atoms with Crippen LogP contribution in [-0.2, 0) is 0 Å². The first-order valence-electron chi connectivity index (χ1n) is 5.69. The monoisotopic (exact) mass is 205 g/mol. The summed E-state index contributed by atoms with van der Waals surface area (Å²) in [6, 6.07) is 2.11. The SMILES string of the molecule is CCC1(Nc2cncc(NC)c2)CCC1. The second kappa shape index (κ2) is 4.09. The van der Waals surface area contributed by atoms with E-state index in [1.165, 1.54) is 25.7 Å². The summed E-state index contributed by atoms with van der Waals surface area (Å²) in [5, 5.41) is 6.72. The van der Waals surface area contributed by atoms with Crippen molar-refractivity contribution in [2.24, 2.45) is 0 Å². The Kier molecular flexibility index (Phi) is 2.80. The van der Waals surface area contributed by atoms with E-state index in [4.69, 9.17) is 0 Å². The van der Waals surface area contributed by atoms with Gasteiger partial charge >= 0.3 is 0 Å². The van der Waals surface area contributed by atoms with Crippen molar-refractivity contribution in [3.8, 4) is 0 Å². The van der Waals surface area contributed by atoms with Crippen LogP contribution in [0.4, 0.5) is 11.4 Å². The molecule has 0 bridgehead atoms. The largest absolute Gasteiger partial charge is 0.387 e. The molecule has 2 rings (SSSR count). The summed E-state index contributed by atoms with van der Waals surface area (Å²) in [4.78, 5) is 4.21. The molecule has 0 amide bonds. The molecule has 0 radical (unpaired) electrons. The van der Waals surface area contributed by atoms with Gasteiger partial charge in [0.2, 0.25) is 0 Å². The van der Waals surface area contributed by atoms with Crippen molar-refractivity contribution in [1.82, 2.24) is 4.98 Å². The van der Waals surface area contributed by atoms with Gasteiger partial charge in [0.25, 0.3) is 0 Å². The van der Waals surface area contributed by atoms with Crippen molar-refractivity contribution in [3.05, 3.63) is 18.5 Å². The zero-order chi connectivity index (χ0) is 10.7. The van der Waals surface area contributed by atoms with E-state index in [0.717, 1.165) is 11.4 Å². The van der Waals surface area contributed by atoms with Crippen molar-refractivity contribution >= 4 is 11.4 Å². The zero-order valence-corrected chi connectivity index (χ0v) is 9.51. The number of aromatic nitrogens is 1. The quantitative estimate of drug-likeness (QED) is 0.793. The average Bonchev–Trinajstić information content (AvgIpc) is 2.24. The summed E-state index contributed by atoms with van der Waals surface area (Å²) in [5.41, 5.74) is 2.53. The highest BCUT2D eigenvalue weighted by atomic mass is 15.0. The number of pyridine rings is 1. The fourth-order valence-corrected chi connectivity index (χ4v) is 2.12. The minimum atomic E-state index is 0.341. The van der Waals surface area contributed by atoms with E-state index in [1.54, 1.807) is 0 Å². The number of nitrogens with zero attached hydrogens (tertiary/aromatic N) is 1. The number of rotatable bonds is 4. The van der Waals surface area contributed by atoms with Gasteiger partial charge in [0.15, 0.2) is 0 Å². The van der Waals surface area contributed by atoms with Crippen molar-refractivity contribution in [2.45, 2.75) is 38.1 Å². The molecular weight excluding hydrogens is 186 g/mol. The Hall–Kier alpha value is -1.25. The highest BCUT2D eigenvalue weighted by Gasteiger charge is 2.34. The van der Waals surface area contributed by atoms with Gasteiger partial charge in [-0.2, -0.15) is 0 Å². The number of anilines is 2. The lowest BCUT2D eigenvalue weighted by atomic mass is 9.75. The molecule has 1 aliphatic rings. The van der Waals surface area contributed by atoms with Crippen LogP contribution >= 0.6 is 0 Å². The Morgan fingerprint density at radius 2 is 2.07 bits per heavy atom. The Labute approximate surface area is 91.3 Å². The first-order valence-corrected chi connectivity index (χ1v) is 5.69. The molecule has 3 nitrogen and oxygen atoms in total. The highest BCUT2D eigenvalue weighted by molar-refractivity contribution is 5.55. The Morgan fingerprint density at radius 3 is 2.60 bits per heavy atom. The smallest absolute Gasteiger partial charge is 0.0551 e. The van der Waals surface area contributed by atoms with Crippen molar-refractivity contribution in [3.63, 3.8) is 0 Å². The Balaban J connectivity index is 2.09. The molecule has 0 saturated heterocycles. The minimum Gasteiger partial charge on any atom is -0.387 e. The van der Waals surface area contributed by atoms with Crippen LogP contribution in [0.1, 0.15) is 32.6 Å². The van der Waals surface area contributed by atoms with E-state index >= 15 is 0 Å². The maximum atomic E-state index is 4.21. The van der Waals surface area contributed by atoms with Gasteiger partial charge in [-0.05, 0) is 31.7 Å². The lowest BCUT2D eigenvalue weighted by molar-refractivity contribution is 0.269. The first-order chi connectivity index (χ1) is 7.28. The Morgan fingerprint density at radius 1 is 1.33 bits per heavy atom. The van der Waals surface area contributed by atoms with E-state index in [0.29, 0.717) is 5.54 Å². The molecule has 1 heterocycles. The van der Waals surface area contributed by atoms with Crippen molar-refractivity contribution < 1.29 is 0 Å². The van der Waals surface area contributed by atoms with E-state index in [2.05, 4.69) is 28.6 Å². The standard InChI is InChI=1S/C12H19N3/c1-3-12(5-4-6-12)15-11-7-10(13-2)8-14-9-11/h7-9,13,15H,3-6H2,1-2H3. The topological polar surface area (TPSA) is 37.0 Å².